The normalized spacial score (nSPS) is 19.9. The van der Waals surface area contributed by atoms with E-state index in [2.05, 4.69) is 26.3 Å². The lowest BCUT2D eigenvalue weighted by Gasteiger charge is -2.34. The van der Waals surface area contributed by atoms with Crippen molar-refractivity contribution in [1.82, 2.24) is 0 Å². The van der Waals surface area contributed by atoms with Crippen LogP contribution in [0.1, 0.15) is 0 Å². The SMILES string of the molecule is C=CC[P+](C(O)C=C)(C(O)C=C)C(O)C=C. The van der Waals surface area contributed by atoms with Gasteiger partial charge in [0.1, 0.15) is 7.26 Å². The van der Waals surface area contributed by atoms with Crippen LogP contribution in [-0.4, -0.2) is 39.0 Å². The van der Waals surface area contributed by atoms with Gasteiger partial charge in [0.2, 0.25) is 0 Å². The van der Waals surface area contributed by atoms with E-state index < -0.39 is 24.8 Å². The van der Waals surface area contributed by atoms with Crippen molar-refractivity contribution < 1.29 is 15.3 Å². The summed E-state index contributed by atoms with van der Waals surface area (Å²) in [4.78, 5) is 0. The van der Waals surface area contributed by atoms with Gasteiger partial charge in [0.15, 0.2) is 17.5 Å². The average molecular weight is 243 g/mol. The summed E-state index contributed by atoms with van der Waals surface area (Å²) in [5, 5.41) is 29.9. The van der Waals surface area contributed by atoms with Crippen LogP contribution < -0.4 is 0 Å². The van der Waals surface area contributed by atoms with Gasteiger partial charge >= 0.3 is 0 Å². The first-order valence-electron chi connectivity index (χ1n) is 4.91. The molecule has 0 saturated heterocycles. The smallest absolute Gasteiger partial charge is 0.189 e. The minimum Gasteiger partial charge on any atom is -0.356 e. The number of allylic oxidation sites excluding steroid dienone is 1. The second-order valence-electron chi connectivity index (χ2n) is 3.41. The maximum Gasteiger partial charge on any atom is 0.189 e. The summed E-state index contributed by atoms with van der Waals surface area (Å²) in [6, 6.07) is 0. The Bertz CT molecular complexity index is 239. The Labute approximate surface area is 97.5 Å². The molecule has 0 aliphatic rings. The van der Waals surface area contributed by atoms with Gasteiger partial charge in [-0.25, -0.2) is 0 Å². The van der Waals surface area contributed by atoms with E-state index >= 15 is 0 Å². The monoisotopic (exact) mass is 243 g/mol. The zero-order chi connectivity index (χ0) is 12.8. The van der Waals surface area contributed by atoms with Gasteiger partial charge in [0, 0.05) is 0 Å². The fraction of sp³-hybridized carbons (Fsp3) is 0.333. The highest BCUT2D eigenvalue weighted by Gasteiger charge is 2.53. The lowest BCUT2D eigenvalue weighted by atomic mass is 10.6. The second-order valence-corrected chi connectivity index (χ2v) is 7.36. The molecular formula is C12H20O3P+. The van der Waals surface area contributed by atoms with Crippen LogP contribution in [0.2, 0.25) is 0 Å². The molecule has 0 radical (unpaired) electrons. The van der Waals surface area contributed by atoms with E-state index in [1.54, 1.807) is 6.08 Å². The summed E-state index contributed by atoms with van der Waals surface area (Å²) in [6.45, 7) is 14.1. The van der Waals surface area contributed by atoms with E-state index in [-0.39, 0.29) is 0 Å². The minimum atomic E-state index is -2.57. The third-order valence-electron chi connectivity index (χ3n) is 2.56. The number of rotatable bonds is 8. The van der Waals surface area contributed by atoms with E-state index in [1.807, 2.05) is 0 Å². The van der Waals surface area contributed by atoms with E-state index in [9.17, 15) is 15.3 Å². The van der Waals surface area contributed by atoms with E-state index in [1.165, 1.54) is 18.2 Å². The fourth-order valence-electron chi connectivity index (χ4n) is 1.61. The molecule has 0 aromatic rings. The molecule has 4 heteroatoms. The third-order valence-corrected chi connectivity index (χ3v) is 7.03. The Hall–Kier alpha value is -0.730. The molecule has 0 aliphatic heterocycles. The zero-order valence-electron chi connectivity index (χ0n) is 9.37. The van der Waals surface area contributed by atoms with Crippen LogP contribution in [-0.2, 0) is 0 Å². The predicted molar refractivity (Wildman–Crippen MR) is 70.6 cm³/mol. The van der Waals surface area contributed by atoms with Crippen LogP contribution in [0.5, 0.6) is 0 Å². The molecule has 3 N–H and O–H groups in total. The molecule has 0 aromatic carbocycles. The highest BCUT2D eigenvalue weighted by Crippen LogP contribution is 2.69. The topological polar surface area (TPSA) is 60.7 Å². The molecule has 0 fully saturated rings. The molecule has 0 bridgehead atoms. The van der Waals surface area contributed by atoms with Gasteiger partial charge in [-0.1, -0.05) is 32.4 Å². The molecule has 0 rings (SSSR count). The van der Waals surface area contributed by atoms with Crippen LogP contribution in [0.15, 0.2) is 50.6 Å². The maximum absolute atomic E-state index is 9.97. The van der Waals surface area contributed by atoms with Crippen molar-refractivity contribution in [3.8, 4) is 0 Å². The fourth-order valence-corrected chi connectivity index (χ4v) is 4.82. The quantitative estimate of drug-likeness (QED) is 0.449. The molecule has 0 heterocycles. The summed E-state index contributed by atoms with van der Waals surface area (Å²) >= 11 is 0. The highest BCUT2D eigenvalue weighted by atomic mass is 31.2. The lowest BCUT2D eigenvalue weighted by Crippen LogP contribution is -2.31. The van der Waals surface area contributed by atoms with Crippen molar-refractivity contribution >= 4 is 7.26 Å². The highest BCUT2D eigenvalue weighted by molar-refractivity contribution is 7.77. The molecule has 3 unspecified atom stereocenters. The van der Waals surface area contributed by atoms with Crippen molar-refractivity contribution in [3.05, 3.63) is 50.6 Å². The van der Waals surface area contributed by atoms with Gasteiger partial charge in [-0.2, -0.15) is 0 Å². The van der Waals surface area contributed by atoms with Crippen molar-refractivity contribution in [2.75, 3.05) is 6.16 Å². The molecule has 16 heavy (non-hydrogen) atoms. The Morgan fingerprint density at radius 2 is 1.12 bits per heavy atom. The molecule has 0 spiro atoms. The van der Waals surface area contributed by atoms with Crippen LogP contribution in [0.3, 0.4) is 0 Å². The zero-order valence-corrected chi connectivity index (χ0v) is 10.3. The van der Waals surface area contributed by atoms with Gasteiger partial charge in [-0.15, -0.1) is 0 Å². The lowest BCUT2D eigenvalue weighted by molar-refractivity contribution is 0.235. The number of aliphatic hydroxyl groups is 3. The van der Waals surface area contributed by atoms with Crippen molar-refractivity contribution in [2.24, 2.45) is 0 Å². The third kappa shape index (κ3) is 2.69. The standard InChI is InChI=1S/C12H20O3P/c1-5-9-16(10(13)6-2,11(14)7-3)12(15)8-4/h5-8,10-15H,1-4,9H2/q+1. The number of aliphatic hydroxyl groups excluding tert-OH is 3. The number of hydrogen-bond donors (Lipinski definition) is 3. The molecule has 90 valence electrons. The van der Waals surface area contributed by atoms with Crippen molar-refractivity contribution in [3.63, 3.8) is 0 Å². The van der Waals surface area contributed by atoms with E-state index in [0.717, 1.165) is 0 Å². The van der Waals surface area contributed by atoms with Gasteiger partial charge in [-0.3, -0.25) is 0 Å². The largest absolute Gasteiger partial charge is 0.356 e. The maximum atomic E-state index is 9.97. The first-order chi connectivity index (χ1) is 7.50. The van der Waals surface area contributed by atoms with Crippen LogP contribution in [0.4, 0.5) is 0 Å². The summed E-state index contributed by atoms with van der Waals surface area (Å²) in [7, 11) is -2.57. The van der Waals surface area contributed by atoms with Gasteiger partial charge in [0.25, 0.3) is 0 Å². The molecule has 0 saturated carbocycles. The Morgan fingerprint density at radius 1 is 0.812 bits per heavy atom. The average Bonchev–Trinajstić information content (AvgIpc) is 2.32. The van der Waals surface area contributed by atoms with Gasteiger partial charge in [-0.05, 0) is 18.2 Å². The summed E-state index contributed by atoms with van der Waals surface area (Å²) in [6.07, 6.45) is 5.84. The molecule has 3 nitrogen and oxygen atoms in total. The summed E-state index contributed by atoms with van der Waals surface area (Å²) in [5.41, 5.74) is 0. The second kappa shape index (κ2) is 6.77. The molecule has 0 amide bonds. The van der Waals surface area contributed by atoms with Crippen molar-refractivity contribution in [2.45, 2.75) is 17.5 Å². The first kappa shape index (κ1) is 15.3. The molecule has 3 atom stereocenters. The summed E-state index contributed by atoms with van der Waals surface area (Å²) < 4.78 is 0. The predicted octanol–water partition coefficient (Wildman–Crippen LogP) is 1.70. The van der Waals surface area contributed by atoms with E-state index in [4.69, 9.17) is 0 Å². The van der Waals surface area contributed by atoms with Crippen LogP contribution >= 0.6 is 7.26 Å². The van der Waals surface area contributed by atoms with Crippen LogP contribution in [0.25, 0.3) is 0 Å². The first-order valence-corrected chi connectivity index (χ1v) is 7.09. The Morgan fingerprint density at radius 3 is 1.31 bits per heavy atom. The van der Waals surface area contributed by atoms with Crippen LogP contribution in [0, 0.1) is 0 Å². The molecule has 0 aliphatic carbocycles. The molecular weight excluding hydrogens is 223 g/mol. The van der Waals surface area contributed by atoms with Gasteiger partial charge < -0.3 is 15.3 Å². The number of hydrogen-bond acceptors (Lipinski definition) is 3. The Kier molecular flexibility index (Phi) is 6.46. The Balaban J connectivity index is 5.52. The van der Waals surface area contributed by atoms with Crippen molar-refractivity contribution in [1.29, 1.82) is 0 Å². The van der Waals surface area contributed by atoms with E-state index in [0.29, 0.717) is 6.16 Å². The van der Waals surface area contributed by atoms with Gasteiger partial charge in [0.05, 0.1) is 6.16 Å². The summed E-state index contributed by atoms with van der Waals surface area (Å²) in [5.74, 6) is -2.94. The minimum absolute atomic E-state index is 0.320. The molecule has 0 aromatic heterocycles.